The van der Waals surface area contributed by atoms with Crippen LogP contribution in [0.15, 0.2) is 66.3 Å². The third-order valence-corrected chi connectivity index (χ3v) is 6.57. The Morgan fingerprint density at radius 1 is 1.17 bits per heavy atom. The van der Waals surface area contributed by atoms with Crippen LogP contribution in [0.1, 0.15) is 49.5 Å². The molecule has 0 bridgehead atoms. The van der Waals surface area contributed by atoms with Crippen LogP contribution in [0.2, 0.25) is 0 Å². The van der Waals surface area contributed by atoms with Crippen LogP contribution in [0.25, 0.3) is 0 Å². The SMILES string of the molecule is C=CCn1c(SC(CC)C(=O)Nc2cccc(C(C)=O)c2)nnc1C(C)Oc1cccc(OC)c1. The predicted octanol–water partition coefficient (Wildman–Crippen LogP) is 5.32. The Morgan fingerprint density at radius 3 is 2.60 bits per heavy atom. The molecular weight excluding hydrogens is 464 g/mol. The first-order valence-corrected chi connectivity index (χ1v) is 12.2. The fourth-order valence-electron chi connectivity index (χ4n) is 3.41. The zero-order chi connectivity index (χ0) is 25.4. The van der Waals surface area contributed by atoms with Gasteiger partial charge in [0, 0.05) is 23.9 Å². The minimum Gasteiger partial charge on any atom is -0.497 e. The third kappa shape index (κ3) is 6.73. The van der Waals surface area contributed by atoms with E-state index in [1.807, 2.05) is 36.6 Å². The number of anilines is 1. The molecule has 2 aromatic carbocycles. The number of rotatable bonds is 12. The highest BCUT2D eigenvalue weighted by Crippen LogP contribution is 2.30. The summed E-state index contributed by atoms with van der Waals surface area (Å²) in [5, 5.41) is 11.8. The molecule has 184 valence electrons. The van der Waals surface area contributed by atoms with Crippen LogP contribution < -0.4 is 14.8 Å². The molecule has 1 aromatic heterocycles. The topological polar surface area (TPSA) is 95.3 Å². The molecule has 9 heteroatoms. The molecule has 2 unspecified atom stereocenters. The monoisotopic (exact) mass is 494 g/mol. The van der Waals surface area contributed by atoms with Gasteiger partial charge in [-0.05, 0) is 44.5 Å². The number of thioether (sulfide) groups is 1. The lowest BCUT2D eigenvalue weighted by atomic mass is 10.1. The van der Waals surface area contributed by atoms with Gasteiger partial charge in [-0.15, -0.1) is 16.8 Å². The molecule has 0 aliphatic heterocycles. The molecule has 0 spiro atoms. The molecule has 1 N–H and O–H groups in total. The van der Waals surface area contributed by atoms with Gasteiger partial charge in [-0.2, -0.15) is 0 Å². The van der Waals surface area contributed by atoms with Gasteiger partial charge in [-0.3, -0.25) is 14.2 Å². The minimum atomic E-state index is -0.411. The van der Waals surface area contributed by atoms with Crippen LogP contribution in [0.3, 0.4) is 0 Å². The first-order chi connectivity index (χ1) is 16.9. The van der Waals surface area contributed by atoms with E-state index in [0.29, 0.717) is 46.7 Å². The lowest BCUT2D eigenvalue weighted by Crippen LogP contribution is -2.25. The second-order valence-corrected chi connectivity index (χ2v) is 8.99. The molecule has 3 aromatic rings. The van der Waals surface area contributed by atoms with Crippen molar-refractivity contribution in [2.45, 2.75) is 50.2 Å². The molecule has 0 fully saturated rings. The van der Waals surface area contributed by atoms with Gasteiger partial charge in [0.1, 0.15) is 11.5 Å². The van der Waals surface area contributed by atoms with Gasteiger partial charge in [0.15, 0.2) is 22.9 Å². The van der Waals surface area contributed by atoms with E-state index in [0.717, 1.165) is 0 Å². The Balaban J connectivity index is 1.76. The highest BCUT2D eigenvalue weighted by molar-refractivity contribution is 8.00. The van der Waals surface area contributed by atoms with Crippen molar-refractivity contribution >= 4 is 29.1 Å². The van der Waals surface area contributed by atoms with Crippen LogP contribution in [-0.4, -0.2) is 38.8 Å². The van der Waals surface area contributed by atoms with E-state index < -0.39 is 11.4 Å². The van der Waals surface area contributed by atoms with Gasteiger partial charge in [0.2, 0.25) is 5.91 Å². The number of carbonyl (C=O) groups excluding carboxylic acids is 2. The maximum Gasteiger partial charge on any atom is 0.237 e. The summed E-state index contributed by atoms with van der Waals surface area (Å²) >= 11 is 1.33. The van der Waals surface area contributed by atoms with E-state index in [-0.39, 0.29) is 11.7 Å². The number of ether oxygens (including phenoxy) is 2. The maximum absolute atomic E-state index is 13.0. The van der Waals surface area contributed by atoms with E-state index >= 15 is 0 Å². The van der Waals surface area contributed by atoms with Crippen LogP contribution in [-0.2, 0) is 11.3 Å². The van der Waals surface area contributed by atoms with Gasteiger partial charge in [0.25, 0.3) is 0 Å². The Kier molecular flexibility index (Phi) is 9.08. The fraction of sp³-hybridized carbons (Fsp3) is 0.308. The van der Waals surface area contributed by atoms with Crippen LogP contribution in [0.4, 0.5) is 5.69 Å². The van der Waals surface area contributed by atoms with Crippen molar-refractivity contribution in [1.82, 2.24) is 14.8 Å². The molecule has 1 heterocycles. The number of benzene rings is 2. The molecule has 0 saturated heterocycles. The summed E-state index contributed by atoms with van der Waals surface area (Å²) < 4.78 is 13.2. The number of ketones is 1. The number of hydrogen-bond donors (Lipinski definition) is 1. The standard InChI is InChI=1S/C26H30N4O4S/c1-6-14-30-24(18(4)34-22-13-9-12-21(16-22)33-5)28-29-26(30)35-23(7-2)25(32)27-20-11-8-10-19(15-20)17(3)31/h6,8-13,15-16,18,23H,1,7,14H2,2-5H3,(H,27,32). The number of Topliss-reactive ketones (excluding diaryl/α,β-unsaturated/α-hetero) is 1. The lowest BCUT2D eigenvalue weighted by molar-refractivity contribution is -0.115. The summed E-state index contributed by atoms with van der Waals surface area (Å²) in [5.74, 6) is 1.74. The minimum absolute atomic E-state index is 0.0575. The van der Waals surface area contributed by atoms with E-state index in [4.69, 9.17) is 9.47 Å². The van der Waals surface area contributed by atoms with E-state index in [1.54, 1.807) is 43.5 Å². The predicted molar refractivity (Wildman–Crippen MR) is 137 cm³/mol. The maximum atomic E-state index is 13.0. The first kappa shape index (κ1) is 26.0. The van der Waals surface area contributed by atoms with Crippen molar-refractivity contribution in [2.24, 2.45) is 0 Å². The highest BCUT2D eigenvalue weighted by atomic mass is 32.2. The third-order valence-electron chi connectivity index (χ3n) is 5.22. The van der Waals surface area contributed by atoms with Crippen molar-refractivity contribution in [2.75, 3.05) is 12.4 Å². The summed E-state index contributed by atoms with van der Waals surface area (Å²) in [6.45, 7) is 9.64. The largest absolute Gasteiger partial charge is 0.497 e. The number of amides is 1. The van der Waals surface area contributed by atoms with Gasteiger partial charge in [-0.25, -0.2) is 0 Å². The lowest BCUT2D eigenvalue weighted by Gasteiger charge is -2.18. The second-order valence-electron chi connectivity index (χ2n) is 7.82. The Morgan fingerprint density at radius 2 is 1.91 bits per heavy atom. The van der Waals surface area contributed by atoms with Crippen molar-refractivity contribution < 1.29 is 19.1 Å². The summed E-state index contributed by atoms with van der Waals surface area (Å²) in [6, 6.07) is 14.3. The van der Waals surface area contributed by atoms with E-state index in [1.165, 1.54) is 18.7 Å². The number of nitrogens with one attached hydrogen (secondary N) is 1. The van der Waals surface area contributed by atoms with Gasteiger partial charge in [-0.1, -0.05) is 43.0 Å². The van der Waals surface area contributed by atoms with E-state index in [2.05, 4.69) is 22.1 Å². The van der Waals surface area contributed by atoms with Crippen molar-refractivity contribution in [3.05, 3.63) is 72.6 Å². The number of methoxy groups -OCH3 is 1. The molecule has 35 heavy (non-hydrogen) atoms. The quantitative estimate of drug-likeness (QED) is 0.207. The Labute approximate surface area is 209 Å². The molecule has 0 aliphatic rings. The van der Waals surface area contributed by atoms with Gasteiger partial charge < -0.3 is 14.8 Å². The Bertz CT molecular complexity index is 1190. The first-order valence-electron chi connectivity index (χ1n) is 11.3. The normalized spacial score (nSPS) is 12.5. The molecule has 1 amide bonds. The Hall–Kier alpha value is -3.59. The number of carbonyl (C=O) groups is 2. The molecule has 3 rings (SSSR count). The number of aromatic nitrogens is 3. The van der Waals surface area contributed by atoms with Crippen molar-refractivity contribution in [3.63, 3.8) is 0 Å². The molecule has 0 radical (unpaired) electrons. The van der Waals surface area contributed by atoms with Crippen LogP contribution in [0.5, 0.6) is 11.5 Å². The van der Waals surface area contributed by atoms with Crippen LogP contribution in [0, 0.1) is 0 Å². The zero-order valence-corrected chi connectivity index (χ0v) is 21.2. The summed E-state index contributed by atoms with van der Waals surface area (Å²) in [7, 11) is 1.60. The fourth-order valence-corrected chi connectivity index (χ4v) is 4.38. The van der Waals surface area contributed by atoms with Gasteiger partial charge in [0.05, 0.1) is 12.4 Å². The molecule has 2 atom stereocenters. The summed E-state index contributed by atoms with van der Waals surface area (Å²) in [6.07, 6.45) is 1.94. The zero-order valence-electron chi connectivity index (χ0n) is 20.4. The van der Waals surface area contributed by atoms with E-state index in [9.17, 15) is 9.59 Å². The number of nitrogens with zero attached hydrogens (tertiary/aromatic N) is 3. The van der Waals surface area contributed by atoms with Crippen molar-refractivity contribution in [1.29, 1.82) is 0 Å². The molecule has 0 saturated carbocycles. The summed E-state index contributed by atoms with van der Waals surface area (Å²) in [5.41, 5.74) is 1.12. The average molecular weight is 495 g/mol. The number of allylic oxidation sites excluding steroid dienone is 1. The van der Waals surface area contributed by atoms with Crippen molar-refractivity contribution in [3.8, 4) is 11.5 Å². The van der Waals surface area contributed by atoms with Gasteiger partial charge >= 0.3 is 0 Å². The second kappa shape index (κ2) is 12.2. The molecule has 0 aliphatic carbocycles. The highest BCUT2D eigenvalue weighted by Gasteiger charge is 2.25. The number of hydrogen-bond acceptors (Lipinski definition) is 7. The smallest absolute Gasteiger partial charge is 0.237 e. The average Bonchev–Trinajstić information content (AvgIpc) is 3.25. The molecule has 8 nitrogen and oxygen atoms in total. The van der Waals surface area contributed by atoms with Crippen LogP contribution >= 0.6 is 11.8 Å². The summed E-state index contributed by atoms with van der Waals surface area (Å²) in [4.78, 5) is 24.7. The molecular formula is C26H30N4O4S.